The van der Waals surface area contributed by atoms with Gasteiger partial charge in [-0.25, -0.2) is 5.48 Å². The second-order valence-corrected chi connectivity index (χ2v) is 6.27. The Bertz CT molecular complexity index is 902. The highest BCUT2D eigenvalue weighted by Gasteiger charge is 2.14. The molecule has 0 spiro atoms. The molecular formula is C16H13N3O4S. The lowest BCUT2D eigenvalue weighted by Crippen LogP contribution is -2.16. The number of carbonyl (C=O) groups excluding carboxylic acids is 1. The van der Waals surface area contributed by atoms with Gasteiger partial charge in [-0.3, -0.25) is 14.7 Å². The first kappa shape index (κ1) is 14.7. The molecule has 2 aromatic heterocycles. The molecule has 1 amide bonds. The van der Waals surface area contributed by atoms with Crippen LogP contribution in [-0.4, -0.2) is 27.7 Å². The second kappa shape index (κ2) is 5.99. The summed E-state index contributed by atoms with van der Waals surface area (Å²) in [7, 11) is 0. The molecule has 0 saturated heterocycles. The van der Waals surface area contributed by atoms with Gasteiger partial charge in [0.15, 0.2) is 11.5 Å². The minimum absolute atomic E-state index is 0.257. The minimum Gasteiger partial charge on any atom is -0.454 e. The molecule has 7 nitrogen and oxygen atoms in total. The molecule has 3 aromatic rings. The van der Waals surface area contributed by atoms with E-state index in [9.17, 15) is 4.79 Å². The van der Waals surface area contributed by atoms with Crippen molar-refractivity contribution >= 4 is 17.2 Å². The minimum atomic E-state index is -0.522. The molecule has 122 valence electrons. The summed E-state index contributed by atoms with van der Waals surface area (Å²) in [4.78, 5) is 12.7. The van der Waals surface area contributed by atoms with E-state index in [4.69, 9.17) is 14.7 Å². The first-order valence-electron chi connectivity index (χ1n) is 7.19. The lowest BCUT2D eigenvalue weighted by Gasteiger charge is -2.03. The highest BCUT2D eigenvalue weighted by molar-refractivity contribution is 7.17. The molecule has 3 heterocycles. The van der Waals surface area contributed by atoms with Gasteiger partial charge in [0.25, 0.3) is 5.91 Å². The Morgan fingerprint density at radius 3 is 3.00 bits per heavy atom. The van der Waals surface area contributed by atoms with Crippen LogP contribution in [0.25, 0.3) is 10.6 Å². The zero-order chi connectivity index (χ0) is 16.5. The van der Waals surface area contributed by atoms with E-state index in [1.807, 2.05) is 41.2 Å². The summed E-state index contributed by atoms with van der Waals surface area (Å²) in [6.45, 7) is 0.860. The van der Waals surface area contributed by atoms with E-state index in [2.05, 4.69) is 5.10 Å². The third kappa shape index (κ3) is 2.72. The molecule has 0 unspecified atom stereocenters. The number of rotatable bonds is 4. The van der Waals surface area contributed by atoms with Crippen molar-refractivity contribution in [3.63, 3.8) is 0 Å². The third-order valence-electron chi connectivity index (χ3n) is 3.61. The average Bonchev–Trinajstić information content (AvgIpc) is 3.33. The highest BCUT2D eigenvalue weighted by Crippen LogP contribution is 2.33. The van der Waals surface area contributed by atoms with Crippen molar-refractivity contribution in [3.05, 3.63) is 53.0 Å². The Labute approximate surface area is 141 Å². The maximum absolute atomic E-state index is 11.4. The fraction of sp³-hybridized carbons (Fsp3) is 0.125. The fourth-order valence-corrected chi connectivity index (χ4v) is 3.32. The number of hydrogen-bond acceptors (Lipinski definition) is 6. The molecule has 8 heteroatoms. The van der Waals surface area contributed by atoms with Crippen LogP contribution in [0, 0.1) is 0 Å². The van der Waals surface area contributed by atoms with Gasteiger partial charge in [0.2, 0.25) is 6.79 Å². The third-order valence-corrected chi connectivity index (χ3v) is 4.71. The molecule has 1 aliphatic heterocycles. The van der Waals surface area contributed by atoms with Crippen molar-refractivity contribution in [2.75, 3.05) is 6.79 Å². The monoisotopic (exact) mass is 343 g/mol. The van der Waals surface area contributed by atoms with Crippen molar-refractivity contribution in [1.82, 2.24) is 15.3 Å². The van der Waals surface area contributed by atoms with Crippen LogP contribution in [0.4, 0.5) is 0 Å². The van der Waals surface area contributed by atoms with Crippen LogP contribution < -0.4 is 15.0 Å². The Balaban J connectivity index is 1.52. The van der Waals surface area contributed by atoms with Crippen molar-refractivity contribution in [3.8, 4) is 22.1 Å². The highest BCUT2D eigenvalue weighted by atomic mass is 32.1. The van der Waals surface area contributed by atoms with E-state index in [0.717, 1.165) is 27.6 Å². The van der Waals surface area contributed by atoms with E-state index in [-0.39, 0.29) is 6.79 Å². The molecule has 1 aliphatic rings. The van der Waals surface area contributed by atoms with Gasteiger partial charge in [-0.15, -0.1) is 11.3 Å². The number of nitrogens with one attached hydrogen (secondary N) is 1. The van der Waals surface area contributed by atoms with Crippen molar-refractivity contribution < 1.29 is 19.5 Å². The summed E-state index contributed by atoms with van der Waals surface area (Å²) >= 11 is 1.27. The molecule has 2 N–H and O–H groups in total. The molecule has 1 aromatic carbocycles. The Kier molecular flexibility index (Phi) is 3.68. The van der Waals surface area contributed by atoms with Gasteiger partial charge in [-0.05, 0) is 35.9 Å². The number of fused-ring (bicyclic) bond motifs is 1. The summed E-state index contributed by atoms with van der Waals surface area (Å²) < 4.78 is 12.5. The smallest absolute Gasteiger partial charge is 0.284 e. The van der Waals surface area contributed by atoms with Gasteiger partial charge in [-0.1, -0.05) is 6.07 Å². The van der Waals surface area contributed by atoms with Gasteiger partial charge in [-0.2, -0.15) is 5.10 Å². The number of ether oxygens (including phenoxy) is 2. The molecule has 0 radical (unpaired) electrons. The van der Waals surface area contributed by atoms with Crippen molar-refractivity contribution in [1.29, 1.82) is 0 Å². The molecular weight excluding hydrogens is 330 g/mol. The Morgan fingerprint density at radius 2 is 2.12 bits per heavy atom. The largest absolute Gasteiger partial charge is 0.454 e. The standard InChI is InChI=1S/C16H13N3O4S/c20-16(18-21)15-4-3-14(24-15)11-5-6-19(17-11)8-10-1-2-12-13(7-10)23-9-22-12/h1-7,21H,8-9H2,(H,18,20). The van der Waals surface area contributed by atoms with Crippen LogP contribution in [0.15, 0.2) is 42.6 Å². The maximum Gasteiger partial charge on any atom is 0.284 e. The van der Waals surface area contributed by atoms with Gasteiger partial charge in [0.05, 0.1) is 16.3 Å². The number of aromatic nitrogens is 2. The normalized spacial score (nSPS) is 12.4. The van der Waals surface area contributed by atoms with Crippen LogP contribution in [-0.2, 0) is 6.54 Å². The average molecular weight is 343 g/mol. The van der Waals surface area contributed by atoms with Gasteiger partial charge in [0.1, 0.15) is 5.69 Å². The number of thiophene rings is 1. The van der Waals surface area contributed by atoms with Crippen molar-refractivity contribution in [2.24, 2.45) is 0 Å². The second-order valence-electron chi connectivity index (χ2n) is 5.19. The molecule has 0 saturated carbocycles. The quantitative estimate of drug-likeness (QED) is 0.561. The number of hydroxylamine groups is 1. The zero-order valence-electron chi connectivity index (χ0n) is 12.4. The predicted octanol–water partition coefficient (Wildman–Crippen LogP) is 2.51. The van der Waals surface area contributed by atoms with E-state index in [1.165, 1.54) is 11.3 Å². The van der Waals surface area contributed by atoms with Crippen molar-refractivity contribution in [2.45, 2.75) is 6.54 Å². The summed E-state index contributed by atoms with van der Waals surface area (Å²) in [5.41, 5.74) is 3.46. The first-order valence-corrected chi connectivity index (χ1v) is 8.01. The maximum atomic E-state index is 11.4. The van der Waals surface area contributed by atoms with Crippen LogP contribution >= 0.6 is 11.3 Å². The topological polar surface area (TPSA) is 85.6 Å². The van der Waals surface area contributed by atoms with Crippen LogP contribution in [0.1, 0.15) is 15.2 Å². The number of hydrogen-bond donors (Lipinski definition) is 2. The molecule has 24 heavy (non-hydrogen) atoms. The molecule has 0 aliphatic carbocycles. The van der Waals surface area contributed by atoms with Gasteiger partial charge < -0.3 is 9.47 Å². The molecule has 4 rings (SSSR count). The number of amides is 1. The zero-order valence-corrected chi connectivity index (χ0v) is 13.2. The predicted molar refractivity (Wildman–Crippen MR) is 86.5 cm³/mol. The summed E-state index contributed by atoms with van der Waals surface area (Å²) in [6.07, 6.45) is 1.88. The SMILES string of the molecule is O=C(NO)c1ccc(-c2ccn(Cc3ccc4c(c3)OCO4)n2)s1. The summed E-state index contributed by atoms with van der Waals surface area (Å²) in [5.74, 6) is 0.983. The molecule has 0 atom stereocenters. The van der Waals surface area contributed by atoms with Gasteiger partial charge >= 0.3 is 0 Å². The number of nitrogens with zero attached hydrogens (tertiary/aromatic N) is 2. The first-order chi connectivity index (χ1) is 11.7. The summed E-state index contributed by atoms with van der Waals surface area (Å²) in [5, 5.41) is 13.2. The van der Waals surface area contributed by atoms with E-state index in [1.54, 1.807) is 11.5 Å². The lowest BCUT2D eigenvalue weighted by atomic mass is 10.2. The number of benzene rings is 1. The Morgan fingerprint density at radius 1 is 1.25 bits per heavy atom. The molecule has 0 fully saturated rings. The molecule has 0 bridgehead atoms. The van der Waals surface area contributed by atoms with Crippen LogP contribution in [0.2, 0.25) is 0 Å². The van der Waals surface area contributed by atoms with Crippen LogP contribution in [0.3, 0.4) is 0 Å². The van der Waals surface area contributed by atoms with E-state index in [0.29, 0.717) is 11.4 Å². The van der Waals surface area contributed by atoms with Gasteiger partial charge in [0, 0.05) is 6.20 Å². The summed E-state index contributed by atoms with van der Waals surface area (Å²) in [6, 6.07) is 11.2. The van der Waals surface area contributed by atoms with E-state index >= 15 is 0 Å². The van der Waals surface area contributed by atoms with E-state index < -0.39 is 5.91 Å². The Hall–Kier alpha value is -2.84. The number of carbonyl (C=O) groups is 1. The van der Waals surface area contributed by atoms with Crippen LogP contribution in [0.5, 0.6) is 11.5 Å². The lowest BCUT2D eigenvalue weighted by molar-refractivity contribution is 0.0711. The fourth-order valence-electron chi connectivity index (χ4n) is 2.46.